The number of hydrogen-bond donors (Lipinski definition) is 1. The number of nitrogens with zero attached hydrogens (tertiary/aromatic N) is 2. The van der Waals surface area contributed by atoms with Gasteiger partial charge >= 0.3 is 0 Å². The summed E-state index contributed by atoms with van der Waals surface area (Å²) in [5.74, 6) is 0.843. The van der Waals surface area contributed by atoms with Gasteiger partial charge in [-0.25, -0.2) is 4.57 Å². The first-order chi connectivity index (χ1) is 9.22. The van der Waals surface area contributed by atoms with Crippen molar-refractivity contribution in [1.82, 2.24) is 0 Å². The Kier molecular flexibility index (Phi) is 4.89. The van der Waals surface area contributed by atoms with Crippen molar-refractivity contribution in [2.75, 3.05) is 23.7 Å². The summed E-state index contributed by atoms with van der Waals surface area (Å²) in [5.41, 5.74) is 7.44. The molecule has 2 aromatic rings. The largest absolute Gasteiger partial charge is 1.00 e. The molecule has 0 atom stereocenters. The van der Waals surface area contributed by atoms with E-state index in [1.807, 2.05) is 11.3 Å². The molecule has 0 aliphatic carbocycles. The maximum atomic E-state index is 6.18. The smallest absolute Gasteiger partial charge is 0.274 e. The Morgan fingerprint density at radius 3 is 2.60 bits per heavy atom. The second kappa shape index (κ2) is 6.46. The first kappa shape index (κ1) is 15.1. The van der Waals surface area contributed by atoms with Gasteiger partial charge in [-0.1, -0.05) is 0 Å². The van der Waals surface area contributed by atoms with Crippen molar-refractivity contribution in [2.45, 2.75) is 26.3 Å². The van der Waals surface area contributed by atoms with Crippen LogP contribution in [0.15, 0.2) is 30.5 Å². The first-order valence-electron chi connectivity index (χ1n) is 6.81. The van der Waals surface area contributed by atoms with E-state index in [1.54, 1.807) is 0 Å². The van der Waals surface area contributed by atoms with Crippen LogP contribution in [0.3, 0.4) is 0 Å². The Morgan fingerprint density at radius 1 is 1.25 bits per heavy atom. The molecule has 0 saturated carbocycles. The quantitative estimate of drug-likeness (QED) is 0.781. The van der Waals surface area contributed by atoms with E-state index < -0.39 is 0 Å². The predicted molar refractivity (Wildman–Crippen MR) is 80.7 cm³/mol. The van der Waals surface area contributed by atoms with Crippen LogP contribution in [0.25, 0.3) is 0 Å². The Morgan fingerprint density at radius 2 is 2.00 bits per heavy atom. The highest BCUT2D eigenvalue weighted by Gasteiger charge is 2.15. The minimum absolute atomic E-state index is 0. The van der Waals surface area contributed by atoms with Gasteiger partial charge in [-0.15, -0.1) is 11.3 Å². The Bertz CT molecular complexity index is 576. The molecule has 0 spiro atoms. The molecule has 3 rings (SSSR count). The standard InChI is InChI=1S/C15H19N3S.ClH/c1-12-4-5-14(19-12)11-18-9-6-13(10-15(18)16)17-7-2-3-8-17;/h4-6,9-10,16H,2-3,7-8,11H2,1H3;1H. The number of aryl methyl sites for hydroxylation is 1. The van der Waals surface area contributed by atoms with Gasteiger partial charge in [-0.05, 0) is 31.9 Å². The summed E-state index contributed by atoms with van der Waals surface area (Å²) in [7, 11) is 0. The van der Waals surface area contributed by atoms with Crippen molar-refractivity contribution < 1.29 is 17.0 Å². The van der Waals surface area contributed by atoms with Crippen LogP contribution in [-0.2, 0) is 6.54 Å². The number of aromatic nitrogens is 1. The van der Waals surface area contributed by atoms with Crippen LogP contribution in [0.2, 0.25) is 0 Å². The van der Waals surface area contributed by atoms with Crippen LogP contribution in [0.4, 0.5) is 11.5 Å². The van der Waals surface area contributed by atoms with Gasteiger partial charge in [0.25, 0.3) is 5.82 Å². The molecule has 20 heavy (non-hydrogen) atoms. The zero-order valence-electron chi connectivity index (χ0n) is 11.7. The van der Waals surface area contributed by atoms with Crippen LogP contribution in [-0.4, -0.2) is 13.1 Å². The van der Waals surface area contributed by atoms with Crippen LogP contribution in [0.1, 0.15) is 22.6 Å². The minimum Gasteiger partial charge on any atom is -1.00 e. The third-order valence-corrected chi connectivity index (χ3v) is 4.63. The summed E-state index contributed by atoms with van der Waals surface area (Å²) in [5, 5.41) is 0. The number of pyridine rings is 1. The van der Waals surface area contributed by atoms with E-state index in [4.69, 9.17) is 5.73 Å². The number of anilines is 2. The van der Waals surface area contributed by atoms with Crippen molar-refractivity contribution in [2.24, 2.45) is 0 Å². The summed E-state index contributed by atoms with van der Waals surface area (Å²) in [4.78, 5) is 5.11. The van der Waals surface area contributed by atoms with Crippen molar-refractivity contribution >= 4 is 22.8 Å². The van der Waals surface area contributed by atoms with Crippen molar-refractivity contribution in [3.63, 3.8) is 0 Å². The van der Waals surface area contributed by atoms with E-state index in [0.29, 0.717) is 0 Å². The Balaban J connectivity index is 0.00000147. The molecule has 2 N–H and O–H groups in total. The molecule has 3 heterocycles. The lowest BCUT2D eigenvalue weighted by molar-refractivity contribution is -0.673. The highest BCUT2D eigenvalue weighted by atomic mass is 35.5. The van der Waals surface area contributed by atoms with Crippen LogP contribution < -0.4 is 27.6 Å². The van der Waals surface area contributed by atoms with Gasteiger partial charge in [-0.2, -0.15) is 0 Å². The van der Waals surface area contributed by atoms with Gasteiger partial charge in [0.05, 0.1) is 12.3 Å². The number of hydrogen-bond acceptors (Lipinski definition) is 3. The number of halogens is 1. The van der Waals surface area contributed by atoms with Gasteiger partial charge in [0.1, 0.15) is 6.54 Å². The Hall–Kier alpha value is -1.26. The summed E-state index contributed by atoms with van der Waals surface area (Å²) in [6, 6.07) is 8.63. The third-order valence-electron chi connectivity index (χ3n) is 3.65. The predicted octanol–water partition coefficient (Wildman–Crippen LogP) is -0.421. The van der Waals surface area contributed by atoms with Crippen LogP contribution >= 0.6 is 11.3 Å². The SMILES string of the molecule is Cc1ccc(C[n+]2ccc(N3CCCC3)cc2N)s1.[Cl-]. The molecule has 5 heteroatoms. The fourth-order valence-electron chi connectivity index (χ4n) is 2.59. The molecule has 0 amide bonds. The zero-order chi connectivity index (χ0) is 13.2. The van der Waals surface area contributed by atoms with Crippen molar-refractivity contribution in [1.29, 1.82) is 0 Å². The highest BCUT2D eigenvalue weighted by Crippen LogP contribution is 2.21. The van der Waals surface area contributed by atoms with E-state index >= 15 is 0 Å². The van der Waals surface area contributed by atoms with Gasteiger partial charge < -0.3 is 17.3 Å². The van der Waals surface area contributed by atoms with Crippen molar-refractivity contribution in [3.8, 4) is 0 Å². The molecule has 0 unspecified atom stereocenters. The topological polar surface area (TPSA) is 33.1 Å². The first-order valence-corrected chi connectivity index (χ1v) is 7.63. The van der Waals surface area contributed by atoms with E-state index in [9.17, 15) is 0 Å². The molecule has 2 aromatic heterocycles. The molecule has 108 valence electrons. The van der Waals surface area contributed by atoms with E-state index in [2.05, 4.69) is 46.9 Å². The van der Waals surface area contributed by atoms with E-state index in [0.717, 1.165) is 25.5 Å². The zero-order valence-corrected chi connectivity index (χ0v) is 13.3. The fraction of sp³-hybridized carbons (Fsp3) is 0.400. The summed E-state index contributed by atoms with van der Waals surface area (Å²) >= 11 is 1.83. The summed E-state index contributed by atoms with van der Waals surface area (Å²) in [6.45, 7) is 5.32. The molecular weight excluding hydrogens is 290 g/mol. The van der Waals surface area contributed by atoms with Gasteiger partial charge in [0.2, 0.25) is 0 Å². The average Bonchev–Trinajstić information content (AvgIpc) is 3.03. The lowest BCUT2D eigenvalue weighted by atomic mass is 10.3. The number of nitrogens with two attached hydrogens (primary N) is 1. The fourth-order valence-corrected chi connectivity index (χ4v) is 3.48. The maximum absolute atomic E-state index is 6.18. The molecule has 1 aliphatic heterocycles. The number of rotatable bonds is 3. The van der Waals surface area contributed by atoms with Gasteiger partial charge in [0.15, 0.2) is 0 Å². The Labute approximate surface area is 130 Å². The summed E-state index contributed by atoms with van der Waals surface area (Å²) < 4.78 is 2.12. The van der Waals surface area contributed by atoms with Crippen LogP contribution in [0.5, 0.6) is 0 Å². The molecular formula is C15H20ClN3S. The molecule has 1 aliphatic rings. The van der Waals surface area contributed by atoms with Crippen LogP contribution in [0, 0.1) is 6.92 Å². The maximum Gasteiger partial charge on any atom is 0.274 e. The lowest BCUT2D eigenvalue weighted by Gasteiger charge is -2.17. The summed E-state index contributed by atoms with van der Waals surface area (Å²) in [6.07, 6.45) is 4.70. The van der Waals surface area contributed by atoms with Gasteiger partial charge in [-0.3, -0.25) is 5.73 Å². The minimum atomic E-state index is 0. The molecule has 3 nitrogen and oxygen atoms in total. The molecule has 0 radical (unpaired) electrons. The second-order valence-corrected chi connectivity index (χ2v) is 6.52. The normalized spacial score (nSPS) is 14.3. The average molecular weight is 310 g/mol. The monoisotopic (exact) mass is 309 g/mol. The molecule has 1 fully saturated rings. The molecule has 1 saturated heterocycles. The highest BCUT2D eigenvalue weighted by molar-refractivity contribution is 7.11. The third kappa shape index (κ3) is 3.25. The number of thiophene rings is 1. The van der Waals surface area contributed by atoms with E-state index in [-0.39, 0.29) is 12.4 Å². The number of nitrogen functional groups attached to an aromatic ring is 1. The lowest BCUT2D eigenvalue weighted by Crippen LogP contribution is -3.00. The van der Waals surface area contributed by atoms with E-state index in [1.165, 1.54) is 28.3 Å². The molecule has 0 bridgehead atoms. The molecule has 0 aromatic carbocycles. The van der Waals surface area contributed by atoms with Gasteiger partial charge in [0, 0.05) is 34.6 Å². The second-order valence-electron chi connectivity index (χ2n) is 5.14. The van der Waals surface area contributed by atoms with Crippen molar-refractivity contribution in [3.05, 3.63) is 40.2 Å².